The SMILES string of the molecule is CCN(C)C(=O)COc1cc2c(cc1CNC)OCO2. The van der Waals surface area contributed by atoms with Gasteiger partial charge in [0.15, 0.2) is 18.1 Å². The molecule has 0 spiro atoms. The van der Waals surface area contributed by atoms with E-state index in [1.54, 1.807) is 18.0 Å². The van der Waals surface area contributed by atoms with Crippen molar-refractivity contribution in [1.29, 1.82) is 0 Å². The maximum Gasteiger partial charge on any atom is 0.260 e. The summed E-state index contributed by atoms with van der Waals surface area (Å²) in [5.74, 6) is 1.94. The van der Waals surface area contributed by atoms with E-state index in [1.165, 1.54) is 0 Å². The highest BCUT2D eigenvalue weighted by Crippen LogP contribution is 2.38. The Balaban J connectivity index is 2.11. The summed E-state index contributed by atoms with van der Waals surface area (Å²) in [6, 6.07) is 3.65. The van der Waals surface area contributed by atoms with Gasteiger partial charge in [-0.15, -0.1) is 0 Å². The van der Waals surface area contributed by atoms with Gasteiger partial charge in [-0.2, -0.15) is 0 Å². The molecule has 0 saturated heterocycles. The molecule has 6 heteroatoms. The summed E-state index contributed by atoms with van der Waals surface area (Å²) in [6.45, 7) is 3.44. The highest BCUT2D eigenvalue weighted by molar-refractivity contribution is 5.77. The van der Waals surface area contributed by atoms with Gasteiger partial charge in [0, 0.05) is 31.8 Å². The summed E-state index contributed by atoms with van der Waals surface area (Å²) in [7, 11) is 3.60. The first-order valence-electron chi connectivity index (χ1n) is 6.59. The van der Waals surface area contributed by atoms with Crippen molar-refractivity contribution >= 4 is 5.91 Å². The van der Waals surface area contributed by atoms with Gasteiger partial charge in [-0.25, -0.2) is 0 Å². The minimum Gasteiger partial charge on any atom is -0.483 e. The number of nitrogens with one attached hydrogen (secondary N) is 1. The zero-order valence-electron chi connectivity index (χ0n) is 12.1. The second kappa shape index (κ2) is 6.47. The summed E-state index contributed by atoms with van der Waals surface area (Å²) < 4.78 is 16.3. The van der Waals surface area contributed by atoms with E-state index in [9.17, 15) is 4.79 Å². The number of carbonyl (C=O) groups excluding carboxylic acids is 1. The van der Waals surface area contributed by atoms with Crippen LogP contribution in [0.4, 0.5) is 0 Å². The zero-order valence-corrected chi connectivity index (χ0v) is 12.1. The Morgan fingerprint density at radius 1 is 1.40 bits per heavy atom. The third kappa shape index (κ3) is 3.14. The largest absolute Gasteiger partial charge is 0.483 e. The maximum atomic E-state index is 11.8. The Morgan fingerprint density at radius 3 is 2.75 bits per heavy atom. The van der Waals surface area contributed by atoms with Gasteiger partial charge in [-0.1, -0.05) is 0 Å². The van der Waals surface area contributed by atoms with Crippen LogP contribution in [0, 0.1) is 0 Å². The van der Waals surface area contributed by atoms with E-state index in [-0.39, 0.29) is 19.3 Å². The number of ether oxygens (including phenoxy) is 3. The van der Waals surface area contributed by atoms with Crippen LogP contribution in [0.3, 0.4) is 0 Å². The molecule has 0 bridgehead atoms. The number of nitrogens with zero attached hydrogens (tertiary/aromatic N) is 1. The average Bonchev–Trinajstić information content (AvgIpc) is 2.91. The fraction of sp³-hybridized carbons (Fsp3) is 0.500. The number of hydrogen-bond acceptors (Lipinski definition) is 5. The number of amides is 1. The number of benzene rings is 1. The Bertz CT molecular complexity index is 490. The van der Waals surface area contributed by atoms with Crippen LogP contribution < -0.4 is 19.5 Å². The van der Waals surface area contributed by atoms with E-state index in [4.69, 9.17) is 14.2 Å². The van der Waals surface area contributed by atoms with Crippen molar-refractivity contribution in [2.24, 2.45) is 0 Å². The van der Waals surface area contributed by atoms with Gasteiger partial charge in [-0.05, 0) is 20.0 Å². The van der Waals surface area contributed by atoms with Gasteiger partial charge in [0.25, 0.3) is 5.91 Å². The molecule has 0 aromatic heterocycles. The van der Waals surface area contributed by atoms with Crippen molar-refractivity contribution in [3.05, 3.63) is 17.7 Å². The molecule has 110 valence electrons. The molecule has 1 aliphatic heterocycles. The topological polar surface area (TPSA) is 60.0 Å². The second-order valence-corrected chi connectivity index (χ2v) is 4.54. The molecule has 20 heavy (non-hydrogen) atoms. The maximum absolute atomic E-state index is 11.8. The van der Waals surface area contributed by atoms with E-state index in [2.05, 4.69) is 5.32 Å². The van der Waals surface area contributed by atoms with E-state index in [1.807, 2.05) is 20.0 Å². The third-order valence-electron chi connectivity index (χ3n) is 3.17. The molecule has 0 saturated carbocycles. The first kappa shape index (κ1) is 14.5. The lowest BCUT2D eigenvalue weighted by Gasteiger charge is -2.16. The lowest BCUT2D eigenvalue weighted by atomic mass is 10.1. The first-order valence-corrected chi connectivity index (χ1v) is 6.59. The van der Waals surface area contributed by atoms with Crippen molar-refractivity contribution < 1.29 is 19.0 Å². The van der Waals surface area contributed by atoms with Gasteiger partial charge in [0.1, 0.15) is 5.75 Å². The van der Waals surface area contributed by atoms with Crippen LogP contribution in [0.25, 0.3) is 0 Å². The summed E-state index contributed by atoms with van der Waals surface area (Å²) in [4.78, 5) is 13.4. The summed E-state index contributed by atoms with van der Waals surface area (Å²) in [5, 5.41) is 3.07. The van der Waals surface area contributed by atoms with Crippen LogP contribution in [0.5, 0.6) is 17.2 Å². The molecule has 1 aliphatic rings. The molecule has 1 aromatic carbocycles. The van der Waals surface area contributed by atoms with Crippen molar-refractivity contribution in [2.75, 3.05) is 34.0 Å². The number of likely N-dealkylation sites (N-methyl/N-ethyl adjacent to an activating group) is 1. The van der Waals surface area contributed by atoms with E-state index in [0.717, 1.165) is 5.56 Å². The normalized spacial score (nSPS) is 12.3. The smallest absolute Gasteiger partial charge is 0.260 e. The van der Waals surface area contributed by atoms with Gasteiger partial charge >= 0.3 is 0 Å². The van der Waals surface area contributed by atoms with Crippen molar-refractivity contribution in [3.8, 4) is 17.2 Å². The molecular weight excluding hydrogens is 260 g/mol. The Kier molecular flexibility index (Phi) is 4.68. The van der Waals surface area contributed by atoms with Gasteiger partial charge in [0.2, 0.25) is 6.79 Å². The minimum absolute atomic E-state index is 0.0146. The average molecular weight is 280 g/mol. The van der Waals surface area contributed by atoms with E-state index >= 15 is 0 Å². The summed E-state index contributed by atoms with van der Waals surface area (Å²) in [5.41, 5.74) is 0.934. The first-order chi connectivity index (χ1) is 9.65. The summed E-state index contributed by atoms with van der Waals surface area (Å²) >= 11 is 0. The molecule has 1 amide bonds. The molecule has 0 aliphatic carbocycles. The third-order valence-corrected chi connectivity index (χ3v) is 3.17. The Labute approximate surface area is 118 Å². The van der Waals surface area contributed by atoms with Crippen LogP contribution in [-0.4, -0.2) is 44.8 Å². The molecule has 2 rings (SSSR count). The lowest BCUT2D eigenvalue weighted by Crippen LogP contribution is -2.31. The Morgan fingerprint density at radius 2 is 2.10 bits per heavy atom. The molecule has 1 aromatic rings. The van der Waals surface area contributed by atoms with Crippen LogP contribution in [0.15, 0.2) is 12.1 Å². The zero-order chi connectivity index (χ0) is 14.5. The molecule has 0 fully saturated rings. The molecule has 6 nitrogen and oxygen atoms in total. The van der Waals surface area contributed by atoms with Crippen LogP contribution in [0.2, 0.25) is 0 Å². The molecule has 0 atom stereocenters. The van der Waals surface area contributed by atoms with Gasteiger partial charge in [0.05, 0.1) is 0 Å². The second-order valence-electron chi connectivity index (χ2n) is 4.54. The van der Waals surface area contributed by atoms with Crippen molar-refractivity contribution in [1.82, 2.24) is 10.2 Å². The fourth-order valence-corrected chi connectivity index (χ4v) is 1.85. The number of fused-ring (bicyclic) bond motifs is 1. The van der Waals surface area contributed by atoms with Crippen molar-refractivity contribution in [3.63, 3.8) is 0 Å². The lowest BCUT2D eigenvalue weighted by molar-refractivity contribution is -0.131. The molecular formula is C14H20N2O4. The predicted octanol–water partition coefficient (Wildman–Crippen LogP) is 0.992. The fourth-order valence-electron chi connectivity index (χ4n) is 1.85. The summed E-state index contributed by atoms with van der Waals surface area (Å²) in [6.07, 6.45) is 0. The van der Waals surface area contributed by atoms with Crippen LogP contribution in [0.1, 0.15) is 12.5 Å². The quantitative estimate of drug-likeness (QED) is 0.842. The molecule has 1 N–H and O–H groups in total. The van der Waals surface area contributed by atoms with Gasteiger partial charge < -0.3 is 24.4 Å². The van der Waals surface area contributed by atoms with Gasteiger partial charge in [-0.3, -0.25) is 4.79 Å². The standard InChI is InChI=1S/C14H20N2O4/c1-4-16(3)14(17)8-18-11-6-13-12(19-9-20-13)5-10(11)7-15-2/h5-6,15H,4,7-9H2,1-3H3. The van der Waals surface area contributed by atoms with Crippen LogP contribution in [-0.2, 0) is 11.3 Å². The van der Waals surface area contributed by atoms with Crippen molar-refractivity contribution in [2.45, 2.75) is 13.5 Å². The molecule has 0 unspecified atom stereocenters. The highest BCUT2D eigenvalue weighted by atomic mass is 16.7. The predicted molar refractivity (Wildman–Crippen MR) is 74.1 cm³/mol. The number of carbonyl (C=O) groups is 1. The molecule has 0 radical (unpaired) electrons. The minimum atomic E-state index is -0.0550. The number of rotatable bonds is 6. The Hall–Kier alpha value is -1.95. The van der Waals surface area contributed by atoms with E-state index < -0.39 is 0 Å². The van der Waals surface area contributed by atoms with E-state index in [0.29, 0.717) is 30.3 Å². The monoisotopic (exact) mass is 280 g/mol. The number of hydrogen-bond donors (Lipinski definition) is 1. The molecule has 1 heterocycles. The highest BCUT2D eigenvalue weighted by Gasteiger charge is 2.18. The van der Waals surface area contributed by atoms with Crippen LogP contribution >= 0.6 is 0 Å².